The number of amides is 1. The summed E-state index contributed by atoms with van der Waals surface area (Å²) in [6.07, 6.45) is 1.62. The van der Waals surface area contributed by atoms with E-state index in [2.05, 4.69) is 14.9 Å². The van der Waals surface area contributed by atoms with E-state index in [1.807, 2.05) is 13.8 Å². The number of rotatable bonds is 5. The quantitative estimate of drug-likeness (QED) is 0.780. The standard InChI is InChI=1S/C9H16N4OS/c1-3-9(4-2,6-10)11-8(14)7-5-15-13-12-7/h5H,3-4,6,10H2,1-2H3,(H,11,14). The lowest BCUT2D eigenvalue weighted by Crippen LogP contribution is -2.52. The first-order valence-electron chi connectivity index (χ1n) is 4.97. The van der Waals surface area contributed by atoms with Crippen molar-refractivity contribution in [2.45, 2.75) is 32.2 Å². The molecule has 1 aromatic heterocycles. The maximum absolute atomic E-state index is 11.7. The van der Waals surface area contributed by atoms with Gasteiger partial charge in [-0.05, 0) is 24.4 Å². The highest BCUT2D eigenvalue weighted by Crippen LogP contribution is 2.14. The highest BCUT2D eigenvalue weighted by Gasteiger charge is 2.27. The molecule has 1 rings (SSSR count). The van der Waals surface area contributed by atoms with E-state index in [4.69, 9.17) is 5.73 Å². The summed E-state index contributed by atoms with van der Waals surface area (Å²) >= 11 is 1.16. The lowest BCUT2D eigenvalue weighted by Gasteiger charge is -2.30. The summed E-state index contributed by atoms with van der Waals surface area (Å²) in [4.78, 5) is 11.7. The first-order valence-corrected chi connectivity index (χ1v) is 5.80. The van der Waals surface area contributed by atoms with Crippen molar-refractivity contribution in [1.82, 2.24) is 14.9 Å². The molecule has 0 aliphatic rings. The van der Waals surface area contributed by atoms with Gasteiger partial charge in [0.1, 0.15) is 0 Å². The fourth-order valence-electron chi connectivity index (χ4n) is 1.33. The molecule has 0 atom stereocenters. The summed E-state index contributed by atoms with van der Waals surface area (Å²) in [7, 11) is 0. The molecular formula is C9H16N4OS. The number of carbonyl (C=O) groups excluding carboxylic acids is 1. The van der Waals surface area contributed by atoms with Crippen LogP contribution in [0.4, 0.5) is 0 Å². The van der Waals surface area contributed by atoms with Gasteiger partial charge >= 0.3 is 0 Å². The van der Waals surface area contributed by atoms with Crippen LogP contribution in [-0.2, 0) is 0 Å². The molecule has 3 N–H and O–H groups in total. The number of aromatic nitrogens is 2. The third kappa shape index (κ3) is 2.73. The minimum Gasteiger partial charge on any atom is -0.344 e. The summed E-state index contributed by atoms with van der Waals surface area (Å²) in [6, 6.07) is 0. The van der Waals surface area contributed by atoms with Crippen molar-refractivity contribution in [1.29, 1.82) is 0 Å². The SMILES string of the molecule is CCC(CC)(CN)NC(=O)c1csnn1. The molecule has 1 aromatic rings. The maximum atomic E-state index is 11.7. The molecular weight excluding hydrogens is 212 g/mol. The van der Waals surface area contributed by atoms with Crippen LogP contribution in [-0.4, -0.2) is 27.6 Å². The molecule has 0 aliphatic heterocycles. The highest BCUT2D eigenvalue weighted by atomic mass is 32.1. The van der Waals surface area contributed by atoms with Gasteiger partial charge in [0, 0.05) is 11.9 Å². The van der Waals surface area contributed by atoms with Crippen molar-refractivity contribution >= 4 is 17.4 Å². The van der Waals surface area contributed by atoms with Crippen molar-refractivity contribution in [2.24, 2.45) is 5.73 Å². The van der Waals surface area contributed by atoms with Crippen molar-refractivity contribution in [2.75, 3.05) is 6.54 Å². The van der Waals surface area contributed by atoms with Crippen LogP contribution in [0, 0.1) is 0 Å². The van der Waals surface area contributed by atoms with Crippen LogP contribution in [0.1, 0.15) is 37.2 Å². The van der Waals surface area contributed by atoms with E-state index in [9.17, 15) is 4.79 Å². The molecule has 0 saturated carbocycles. The van der Waals surface area contributed by atoms with Gasteiger partial charge in [0.2, 0.25) is 0 Å². The summed E-state index contributed by atoms with van der Waals surface area (Å²) in [5.74, 6) is -0.196. The zero-order valence-electron chi connectivity index (χ0n) is 8.99. The van der Waals surface area contributed by atoms with E-state index in [0.717, 1.165) is 24.4 Å². The lowest BCUT2D eigenvalue weighted by molar-refractivity contribution is 0.0890. The van der Waals surface area contributed by atoms with Crippen LogP contribution in [0.15, 0.2) is 5.38 Å². The Morgan fingerprint density at radius 3 is 2.67 bits per heavy atom. The second-order valence-electron chi connectivity index (χ2n) is 3.44. The van der Waals surface area contributed by atoms with E-state index >= 15 is 0 Å². The third-order valence-electron chi connectivity index (χ3n) is 2.72. The molecule has 1 heterocycles. The fourth-order valence-corrected chi connectivity index (χ4v) is 1.77. The van der Waals surface area contributed by atoms with Gasteiger partial charge in [-0.15, -0.1) is 5.10 Å². The van der Waals surface area contributed by atoms with E-state index < -0.39 is 0 Å². The van der Waals surface area contributed by atoms with Gasteiger partial charge < -0.3 is 11.1 Å². The Morgan fingerprint density at radius 2 is 2.27 bits per heavy atom. The largest absolute Gasteiger partial charge is 0.344 e. The van der Waals surface area contributed by atoms with Crippen molar-refractivity contribution in [3.63, 3.8) is 0 Å². The summed E-state index contributed by atoms with van der Waals surface area (Å²) in [5, 5.41) is 8.27. The van der Waals surface area contributed by atoms with E-state index in [1.54, 1.807) is 5.38 Å². The minimum atomic E-state index is -0.319. The Bertz CT molecular complexity index is 300. The normalized spacial score (nSPS) is 11.4. The zero-order chi connectivity index (χ0) is 11.3. The van der Waals surface area contributed by atoms with Crippen LogP contribution in [0.25, 0.3) is 0 Å². The molecule has 0 radical (unpaired) electrons. The van der Waals surface area contributed by atoms with Gasteiger partial charge in [0.15, 0.2) is 5.69 Å². The number of nitrogens with one attached hydrogen (secondary N) is 1. The van der Waals surface area contributed by atoms with Crippen molar-refractivity contribution < 1.29 is 4.79 Å². The molecule has 0 fully saturated rings. The molecule has 84 valence electrons. The number of hydrogen-bond donors (Lipinski definition) is 2. The Balaban J connectivity index is 2.71. The second-order valence-corrected chi connectivity index (χ2v) is 4.05. The van der Waals surface area contributed by atoms with Gasteiger partial charge in [-0.2, -0.15) is 0 Å². The highest BCUT2D eigenvalue weighted by molar-refractivity contribution is 7.03. The van der Waals surface area contributed by atoms with Crippen molar-refractivity contribution in [3.8, 4) is 0 Å². The molecule has 15 heavy (non-hydrogen) atoms. The van der Waals surface area contributed by atoms with E-state index in [0.29, 0.717) is 12.2 Å². The van der Waals surface area contributed by atoms with Gasteiger partial charge in [-0.1, -0.05) is 18.3 Å². The van der Waals surface area contributed by atoms with Crippen LogP contribution in [0.3, 0.4) is 0 Å². The average Bonchev–Trinajstić information content (AvgIpc) is 2.79. The van der Waals surface area contributed by atoms with Gasteiger partial charge in [0.05, 0.1) is 5.54 Å². The second kappa shape index (κ2) is 5.18. The molecule has 5 nitrogen and oxygen atoms in total. The molecule has 0 aliphatic carbocycles. The molecule has 0 saturated heterocycles. The topological polar surface area (TPSA) is 80.9 Å². The molecule has 1 amide bonds. The van der Waals surface area contributed by atoms with E-state index in [1.165, 1.54) is 0 Å². The first-order chi connectivity index (χ1) is 7.17. The predicted octanol–water partition coefficient (Wildman–Crippen LogP) is 0.785. The van der Waals surface area contributed by atoms with Crippen LogP contribution in [0.2, 0.25) is 0 Å². The lowest BCUT2D eigenvalue weighted by atomic mass is 9.93. The fraction of sp³-hybridized carbons (Fsp3) is 0.667. The number of nitrogens with two attached hydrogens (primary N) is 1. The number of hydrogen-bond acceptors (Lipinski definition) is 5. The van der Waals surface area contributed by atoms with Crippen LogP contribution >= 0.6 is 11.5 Å². The summed E-state index contributed by atoms with van der Waals surface area (Å²) < 4.78 is 3.65. The molecule has 6 heteroatoms. The molecule has 0 spiro atoms. The summed E-state index contributed by atoms with van der Waals surface area (Å²) in [5.41, 5.74) is 5.72. The molecule has 0 unspecified atom stereocenters. The Morgan fingerprint density at radius 1 is 1.60 bits per heavy atom. The minimum absolute atomic E-state index is 0.196. The van der Waals surface area contributed by atoms with Gasteiger partial charge in [-0.25, -0.2) is 0 Å². The van der Waals surface area contributed by atoms with Crippen LogP contribution < -0.4 is 11.1 Å². The van der Waals surface area contributed by atoms with Crippen LogP contribution in [0.5, 0.6) is 0 Å². The van der Waals surface area contributed by atoms with E-state index in [-0.39, 0.29) is 11.4 Å². The first kappa shape index (κ1) is 12.1. The smallest absolute Gasteiger partial charge is 0.273 e. The number of nitrogens with zero attached hydrogens (tertiary/aromatic N) is 2. The predicted molar refractivity (Wildman–Crippen MR) is 59.7 cm³/mol. The third-order valence-corrected chi connectivity index (χ3v) is 3.22. The monoisotopic (exact) mass is 228 g/mol. The van der Waals surface area contributed by atoms with Gasteiger partial charge in [0.25, 0.3) is 5.91 Å². The molecule has 0 bridgehead atoms. The Labute approximate surface area is 93.2 Å². The maximum Gasteiger partial charge on any atom is 0.273 e. The zero-order valence-corrected chi connectivity index (χ0v) is 9.80. The molecule has 0 aromatic carbocycles. The Kier molecular flexibility index (Phi) is 4.16. The number of carbonyl (C=O) groups is 1. The van der Waals surface area contributed by atoms with Gasteiger partial charge in [-0.3, -0.25) is 4.79 Å². The average molecular weight is 228 g/mol. The van der Waals surface area contributed by atoms with Crippen molar-refractivity contribution in [3.05, 3.63) is 11.1 Å². The summed E-state index contributed by atoms with van der Waals surface area (Å²) in [6.45, 7) is 4.45. The Hall–Kier alpha value is -1.01.